The molecule has 1 aliphatic heterocycles. The van der Waals surface area contributed by atoms with Gasteiger partial charge in [-0.3, -0.25) is 25.0 Å². The number of ketones is 1. The Kier molecular flexibility index (Phi) is 2.43. The van der Waals surface area contributed by atoms with Gasteiger partial charge in [0, 0.05) is 19.0 Å². The van der Waals surface area contributed by atoms with Gasteiger partial charge in [0.25, 0.3) is 0 Å². The van der Waals surface area contributed by atoms with E-state index in [1.807, 2.05) is 0 Å². The molecule has 2 rings (SSSR count). The maximum atomic E-state index is 11.6. The van der Waals surface area contributed by atoms with Gasteiger partial charge < -0.3 is 5.32 Å². The van der Waals surface area contributed by atoms with Crippen LogP contribution in [0, 0.1) is 32.1 Å². The average Bonchev–Trinajstić information content (AvgIpc) is 2.22. The van der Waals surface area contributed by atoms with Crippen molar-refractivity contribution in [1.29, 1.82) is 0 Å². The standard InChI is InChI=1S/C8H9N3O5/c12-8-5-1-4(2-9-3-5)6(10(13)14)7(8)11(15)16/h4-5,9H,1-3H2. The van der Waals surface area contributed by atoms with Crippen molar-refractivity contribution < 1.29 is 14.6 Å². The van der Waals surface area contributed by atoms with Gasteiger partial charge >= 0.3 is 11.4 Å². The van der Waals surface area contributed by atoms with E-state index in [2.05, 4.69) is 5.32 Å². The zero-order valence-electron chi connectivity index (χ0n) is 8.21. The summed E-state index contributed by atoms with van der Waals surface area (Å²) in [6.45, 7) is 0.676. The van der Waals surface area contributed by atoms with Crippen LogP contribution in [0.2, 0.25) is 0 Å². The van der Waals surface area contributed by atoms with Gasteiger partial charge in [-0.2, -0.15) is 0 Å². The highest BCUT2D eigenvalue weighted by Gasteiger charge is 2.50. The van der Waals surface area contributed by atoms with Crippen molar-refractivity contribution in [3.63, 3.8) is 0 Å². The van der Waals surface area contributed by atoms with Crippen molar-refractivity contribution in [2.45, 2.75) is 6.42 Å². The van der Waals surface area contributed by atoms with E-state index in [1.54, 1.807) is 0 Å². The Morgan fingerprint density at radius 2 is 1.75 bits per heavy atom. The summed E-state index contributed by atoms with van der Waals surface area (Å²) in [5.41, 5.74) is -1.37. The molecule has 86 valence electrons. The summed E-state index contributed by atoms with van der Waals surface area (Å²) in [5.74, 6) is -1.75. The Balaban J connectivity index is 2.55. The highest BCUT2D eigenvalue weighted by atomic mass is 16.6. The van der Waals surface area contributed by atoms with E-state index >= 15 is 0 Å². The number of hydrogen-bond acceptors (Lipinski definition) is 6. The molecule has 2 aliphatic rings. The Morgan fingerprint density at radius 3 is 2.31 bits per heavy atom. The van der Waals surface area contributed by atoms with Crippen LogP contribution < -0.4 is 5.32 Å². The first-order chi connectivity index (χ1) is 7.52. The van der Waals surface area contributed by atoms with Crippen molar-refractivity contribution in [1.82, 2.24) is 5.32 Å². The van der Waals surface area contributed by atoms with Gasteiger partial charge in [-0.05, 0) is 6.42 Å². The molecule has 8 heteroatoms. The van der Waals surface area contributed by atoms with E-state index in [1.165, 1.54) is 0 Å². The lowest BCUT2D eigenvalue weighted by Crippen LogP contribution is -2.47. The Bertz CT molecular complexity index is 416. The minimum absolute atomic E-state index is 0.317. The normalized spacial score (nSPS) is 29.1. The van der Waals surface area contributed by atoms with Crippen LogP contribution in [-0.4, -0.2) is 28.7 Å². The molecule has 0 aromatic heterocycles. The molecular weight excluding hydrogens is 218 g/mol. The van der Waals surface area contributed by atoms with Crippen molar-refractivity contribution in [3.05, 3.63) is 31.6 Å². The minimum Gasteiger partial charge on any atom is -0.315 e. The zero-order valence-corrected chi connectivity index (χ0v) is 8.21. The predicted octanol–water partition coefficient (Wildman–Crippen LogP) is -0.440. The first-order valence-electron chi connectivity index (χ1n) is 4.80. The number of nitrogens with one attached hydrogen (secondary N) is 1. The lowest BCUT2D eigenvalue weighted by atomic mass is 9.79. The van der Waals surface area contributed by atoms with Gasteiger partial charge in [-0.25, -0.2) is 0 Å². The molecule has 1 heterocycles. The third-order valence-electron chi connectivity index (χ3n) is 2.96. The van der Waals surface area contributed by atoms with Crippen LogP contribution >= 0.6 is 0 Å². The van der Waals surface area contributed by atoms with Crippen LogP contribution in [0.1, 0.15) is 6.42 Å². The second kappa shape index (κ2) is 3.63. The number of hydrogen-bond donors (Lipinski definition) is 1. The molecule has 0 aromatic rings. The fraction of sp³-hybridized carbons (Fsp3) is 0.625. The van der Waals surface area contributed by atoms with Crippen molar-refractivity contribution in [2.75, 3.05) is 13.1 Å². The smallest absolute Gasteiger partial charge is 0.315 e. The molecule has 1 saturated heterocycles. The van der Waals surface area contributed by atoms with Crippen molar-refractivity contribution >= 4 is 5.78 Å². The van der Waals surface area contributed by atoms with E-state index in [9.17, 15) is 25.0 Å². The quantitative estimate of drug-likeness (QED) is 0.505. The van der Waals surface area contributed by atoms with Gasteiger partial charge in [-0.1, -0.05) is 0 Å². The fourth-order valence-electron chi connectivity index (χ4n) is 2.28. The van der Waals surface area contributed by atoms with Crippen LogP contribution in [0.4, 0.5) is 0 Å². The van der Waals surface area contributed by atoms with Gasteiger partial charge in [0.2, 0.25) is 5.78 Å². The SMILES string of the molecule is O=C1C([N+](=O)[O-])=C([N+](=O)[O-])C2CNCC1C2. The van der Waals surface area contributed by atoms with E-state index in [-0.39, 0.29) is 0 Å². The third kappa shape index (κ3) is 1.47. The molecule has 1 aliphatic carbocycles. The highest BCUT2D eigenvalue weighted by molar-refractivity contribution is 5.96. The molecule has 2 atom stereocenters. The summed E-state index contributed by atoms with van der Waals surface area (Å²) in [6.07, 6.45) is 0.333. The molecular formula is C8H9N3O5. The number of carbonyl (C=O) groups excluding carboxylic acids is 1. The van der Waals surface area contributed by atoms with Gasteiger partial charge in [0.15, 0.2) is 0 Å². The monoisotopic (exact) mass is 227 g/mol. The summed E-state index contributed by atoms with van der Waals surface area (Å²) in [6, 6.07) is 0. The molecule has 0 saturated carbocycles. The number of rotatable bonds is 2. The molecule has 8 nitrogen and oxygen atoms in total. The maximum absolute atomic E-state index is 11.6. The topological polar surface area (TPSA) is 115 Å². The lowest BCUT2D eigenvalue weighted by molar-refractivity contribution is -0.475. The largest absolute Gasteiger partial charge is 0.384 e. The number of nitro groups is 2. The number of fused-ring (bicyclic) bond motifs is 2. The Labute approximate surface area is 89.6 Å². The number of allylic oxidation sites excluding steroid dienone is 1. The Morgan fingerprint density at radius 1 is 1.12 bits per heavy atom. The lowest BCUT2D eigenvalue weighted by Gasteiger charge is -2.29. The second-order valence-electron chi connectivity index (χ2n) is 3.90. The molecule has 0 spiro atoms. The van der Waals surface area contributed by atoms with Gasteiger partial charge in [0.1, 0.15) is 0 Å². The summed E-state index contributed by atoms with van der Waals surface area (Å²) in [5, 5.41) is 24.4. The van der Waals surface area contributed by atoms with Gasteiger partial charge in [0.05, 0.1) is 15.8 Å². The summed E-state index contributed by atoms with van der Waals surface area (Å²) in [7, 11) is 0. The first-order valence-corrected chi connectivity index (χ1v) is 4.80. The molecule has 0 radical (unpaired) electrons. The van der Waals surface area contributed by atoms with Gasteiger partial charge in [-0.15, -0.1) is 0 Å². The molecule has 0 amide bonds. The van der Waals surface area contributed by atoms with Crippen LogP contribution in [0.15, 0.2) is 11.4 Å². The maximum Gasteiger partial charge on any atom is 0.384 e. The Hall–Kier alpha value is -1.83. The van der Waals surface area contributed by atoms with Crippen LogP contribution in [0.3, 0.4) is 0 Å². The van der Waals surface area contributed by atoms with E-state index in [0.717, 1.165) is 0 Å². The van der Waals surface area contributed by atoms with Crippen LogP contribution in [-0.2, 0) is 4.79 Å². The van der Waals surface area contributed by atoms with E-state index < -0.39 is 38.9 Å². The molecule has 2 bridgehead atoms. The summed E-state index contributed by atoms with van der Waals surface area (Å²) >= 11 is 0. The molecule has 1 fully saturated rings. The molecule has 2 unspecified atom stereocenters. The molecule has 0 aromatic carbocycles. The highest BCUT2D eigenvalue weighted by Crippen LogP contribution is 2.34. The number of piperidine rings is 1. The van der Waals surface area contributed by atoms with Crippen molar-refractivity contribution in [3.8, 4) is 0 Å². The summed E-state index contributed by atoms with van der Waals surface area (Å²) < 4.78 is 0. The molecule has 1 N–H and O–H groups in total. The number of nitrogens with zero attached hydrogens (tertiary/aromatic N) is 2. The average molecular weight is 227 g/mol. The minimum atomic E-state index is -0.926. The van der Waals surface area contributed by atoms with E-state index in [4.69, 9.17) is 0 Å². The third-order valence-corrected chi connectivity index (χ3v) is 2.96. The second-order valence-corrected chi connectivity index (χ2v) is 3.90. The van der Waals surface area contributed by atoms with Crippen molar-refractivity contribution in [2.24, 2.45) is 11.8 Å². The number of carbonyl (C=O) groups is 1. The first kappa shape index (κ1) is 10.7. The van der Waals surface area contributed by atoms with Crippen LogP contribution in [0.5, 0.6) is 0 Å². The predicted molar refractivity (Wildman–Crippen MR) is 50.5 cm³/mol. The fourth-order valence-corrected chi connectivity index (χ4v) is 2.28. The molecule has 16 heavy (non-hydrogen) atoms. The number of Topliss-reactive ketones (excluding diaryl/α,β-unsaturated/α-hetero) is 1. The summed E-state index contributed by atoms with van der Waals surface area (Å²) in [4.78, 5) is 31.4. The van der Waals surface area contributed by atoms with Crippen LogP contribution in [0.25, 0.3) is 0 Å². The zero-order chi connectivity index (χ0) is 11.9. The van der Waals surface area contributed by atoms with E-state index in [0.29, 0.717) is 19.5 Å².